The molecular formula is C22H32N2O2. The van der Waals surface area contributed by atoms with E-state index in [0.717, 1.165) is 11.1 Å². The van der Waals surface area contributed by atoms with Crippen LogP contribution in [-0.4, -0.2) is 13.2 Å². The summed E-state index contributed by atoms with van der Waals surface area (Å²) in [4.78, 5) is 0. The maximum absolute atomic E-state index is 6.08. The number of benzene rings is 2. The largest absolute Gasteiger partial charge is 0.491 e. The Morgan fingerprint density at radius 2 is 1.00 bits per heavy atom. The van der Waals surface area contributed by atoms with Crippen molar-refractivity contribution in [1.29, 1.82) is 0 Å². The van der Waals surface area contributed by atoms with Crippen LogP contribution < -0.4 is 20.9 Å². The molecule has 4 nitrogen and oxygen atoms in total. The average molecular weight is 357 g/mol. The molecule has 0 saturated carbocycles. The van der Waals surface area contributed by atoms with Gasteiger partial charge in [0.1, 0.15) is 11.5 Å². The second-order valence-electron chi connectivity index (χ2n) is 9.20. The van der Waals surface area contributed by atoms with Gasteiger partial charge < -0.3 is 20.9 Å². The van der Waals surface area contributed by atoms with Crippen molar-refractivity contribution in [2.45, 2.75) is 41.5 Å². The Morgan fingerprint density at radius 1 is 0.654 bits per heavy atom. The molecule has 2 aromatic rings. The lowest BCUT2D eigenvalue weighted by atomic mass is 9.98. The van der Waals surface area contributed by atoms with Crippen LogP contribution in [0.15, 0.2) is 36.4 Å². The smallest absolute Gasteiger partial charge is 0.142 e. The highest BCUT2D eigenvalue weighted by Gasteiger charge is 2.15. The molecule has 0 bridgehead atoms. The molecular weight excluding hydrogens is 324 g/mol. The third kappa shape index (κ3) is 5.87. The van der Waals surface area contributed by atoms with E-state index >= 15 is 0 Å². The molecule has 2 rings (SSSR count). The Balaban J connectivity index is 2.27. The number of nitrogen functional groups attached to an aromatic ring is 2. The van der Waals surface area contributed by atoms with Crippen molar-refractivity contribution < 1.29 is 9.47 Å². The third-order valence-electron chi connectivity index (χ3n) is 3.68. The van der Waals surface area contributed by atoms with E-state index in [2.05, 4.69) is 41.5 Å². The minimum atomic E-state index is 0.0671. The van der Waals surface area contributed by atoms with Gasteiger partial charge in [-0.2, -0.15) is 0 Å². The molecule has 0 heterocycles. The van der Waals surface area contributed by atoms with Gasteiger partial charge in [0.2, 0.25) is 0 Å². The van der Waals surface area contributed by atoms with Gasteiger partial charge in [0.15, 0.2) is 0 Å². The first kappa shape index (κ1) is 20.0. The van der Waals surface area contributed by atoms with Crippen molar-refractivity contribution in [2.75, 3.05) is 24.7 Å². The van der Waals surface area contributed by atoms with E-state index in [4.69, 9.17) is 20.9 Å². The van der Waals surface area contributed by atoms with E-state index in [1.807, 2.05) is 36.4 Å². The standard InChI is InChI=1S/C22H32N2O2/c1-21(2,3)13-25-19-11-15(7-9-17(19)23)16-8-10-18(24)20(12-16)26-14-22(4,5)6/h7-12H,13-14,23-24H2,1-6H3. The predicted molar refractivity (Wildman–Crippen MR) is 111 cm³/mol. The van der Waals surface area contributed by atoms with Crippen LogP contribution in [0.25, 0.3) is 11.1 Å². The van der Waals surface area contributed by atoms with Crippen molar-refractivity contribution in [3.05, 3.63) is 36.4 Å². The van der Waals surface area contributed by atoms with Crippen LogP contribution in [-0.2, 0) is 0 Å². The SMILES string of the molecule is CC(C)(C)COc1cc(-c2ccc(N)c(OCC(C)(C)C)c2)ccc1N. The van der Waals surface area contributed by atoms with E-state index in [-0.39, 0.29) is 10.8 Å². The van der Waals surface area contributed by atoms with Gasteiger partial charge in [-0.25, -0.2) is 0 Å². The summed E-state index contributed by atoms with van der Waals surface area (Å²) in [6.45, 7) is 14.0. The summed E-state index contributed by atoms with van der Waals surface area (Å²) in [5.74, 6) is 1.40. The first-order chi connectivity index (χ1) is 11.9. The summed E-state index contributed by atoms with van der Waals surface area (Å²) in [6.07, 6.45) is 0. The second-order valence-corrected chi connectivity index (χ2v) is 9.20. The zero-order valence-electron chi connectivity index (χ0n) is 16.8. The van der Waals surface area contributed by atoms with Crippen molar-refractivity contribution in [3.63, 3.8) is 0 Å². The summed E-state index contributed by atoms with van der Waals surface area (Å²) >= 11 is 0. The fourth-order valence-electron chi connectivity index (χ4n) is 2.27. The summed E-state index contributed by atoms with van der Waals surface area (Å²) < 4.78 is 11.9. The maximum Gasteiger partial charge on any atom is 0.142 e. The van der Waals surface area contributed by atoms with E-state index in [1.54, 1.807) is 0 Å². The molecule has 0 fully saturated rings. The average Bonchev–Trinajstić information content (AvgIpc) is 2.52. The fraction of sp³-hybridized carbons (Fsp3) is 0.455. The van der Waals surface area contributed by atoms with Crippen LogP contribution in [0.3, 0.4) is 0 Å². The molecule has 2 aromatic carbocycles. The molecule has 0 atom stereocenters. The number of hydrogen-bond acceptors (Lipinski definition) is 4. The number of rotatable bonds is 5. The number of anilines is 2. The molecule has 0 spiro atoms. The topological polar surface area (TPSA) is 70.5 Å². The van der Waals surface area contributed by atoms with Crippen LogP contribution in [0.1, 0.15) is 41.5 Å². The minimum Gasteiger partial charge on any atom is -0.491 e. The Bertz CT molecular complexity index is 690. The molecule has 0 amide bonds. The molecule has 0 radical (unpaired) electrons. The Morgan fingerprint density at radius 3 is 1.31 bits per heavy atom. The first-order valence-corrected chi connectivity index (χ1v) is 9.00. The molecule has 0 aliphatic rings. The maximum atomic E-state index is 6.08. The van der Waals surface area contributed by atoms with Crippen molar-refractivity contribution >= 4 is 11.4 Å². The fourth-order valence-corrected chi connectivity index (χ4v) is 2.27. The lowest BCUT2D eigenvalue weighted by molar-refractivity contribution is 0.198. The van der Waals surface area contributed by atoms with Crippen LogP contribution in [0.5, 0.6) is 11.5 Å². The van der Waals surface area contributed by atoms with E-state index in [0.29, 0.717) is 36.1 Å². The molecule has 4 heteroatoms. The van der Waals surface area contributed by atoms with Gasteiger partial charge >= 0.3 is 0 Å². The van der Waals surface area contributed by atoms with Crippen LogP contribution in [0.2, 0.25) is 0 Å². The lowest BCUT2D eigenvalue weighted by Crippen LogP contribution is -2.17. The summed E-state index contributed by atoms with van der Waals surface area (Å²) in [6, 6.07) is 11.7. The minimum absolute atomic E-state index is 0.0671. The normalized spacial score (nSPS) is 12.1. The van der Waals surface area contributed by atoms with Gasteiger partial charge in [0.05, 0.1) is 24.6 Å². The Hall–Kier alpha value is -2.36. The Labute approximate surface area is 157 Å². The summed E-state index contributed by atoms with van der Waals surface area (Å²) in [5.41, 5.74) is 15.6. The summed E-state index contributed by atoms with van der Waals surface area (Å²) in [7, 11) is 0. The molecule has 4 N–H and O–H groups in total. The highest BCUT2D eigenvalue weighted by molar-refractivity contribution is 5.73. The molecule has 0 saturated heterocycles. The van der Waals surface area contributed by atoms with Crippen molar-refractivity contribution in [1.82, 2.24) is 0 Å². The van der Waals surface area contributed by atoms with Crippen molar-refractivity contribution in [3.8, 4) is 22.6 Å². The van der Waals surface area contributed by atoms with E-state index < -0.39 is 0 Å². The molecule has 0 aliphatic carbocycles. The van der Waals surface area contributed by atoms with Crippen molar-refractivity contribution in [2.24, 2.45) is 10.8 Å². The van der Waals surface area contributed by atoms with Gasteiger partial charge in [0, 0.05) is 0 Å². The number of hydrogen-bond donors (Lipinski definition) is 2. The van der Waals surface area contributed by atoms with Crippen LogP contribution in [0, 0.1) is 10.8 Å². The highest BCUT2D eigenvalue weighted by Crippen LogP contribution is 2.34. The molecule has 26 heavy (non-hydrogen) atoms. The molecule has 142 valence electrons. The first-order valence-electron chi connectivity index (χ1n) is 9.00. The van der Waals surface area contributed by atoms with Gasteiger partial charge in [-0.05, 0) is 46.2 Å². The zero-order valence-corrected chi connectivity index (χ0v) is 16.8. The zero-order chi connectivity index (χ0) is 19.5. The van der Waals surface area contributed by atoms with Gasteiger partial charge in [-0.15, -0.1) is 0 Å². The molecule has 0 aliphatic heterocycles. The van der Waals surface area contributed by atoms with Gasteiger partial charge in [-0.3, -0.25) is 0 Å². The quantitative estimate of drug-likeness (QED) is 0.707. The Kier molecular flexibility index (Phi) is 5.74. The van der Waals surface area contributed by atoms with Gasteiger partial charge in [-0.1, -0.05) is 53.7 Å². The number of ether oxygens (including phenoxy) is 2. The van der Waals surface area contributed by atoms with E-state index in [9.17, 15) is 0 Å². The predicted octanol–water partition coefficient (Wildman–Crippen LogP) is 5.37. The summed E-state index contributed by atoms with van der Waals surface area (Å²) in [5, 5.41) is 0. The molecule has 0 unspecified atom stereocenters. The van der Waals surface area contributed by atoms with Gasteiger partial charge in [0.25, 0.3) is 0 Å². The van der Waals surface area contributed by atoms with Crippen LogP contribution >= 0.6 is 0 Å². The van der Waals surface area contributed by atoms with E-state index in [1.165, 1.54) is 0 Å². The second kappa shape index (κ2) is 7.48. The highest BCUT2D eigenvalue weighted by atomic mass is 16.5. The monoisotopic (exact) mass is 356 g/mol. The van der Waals surface area contributed by atoms with Crippen LogP contribution in [0.4, 0.5) is 11.4 Å². The number of nitrogens with two attached hydrogens (primary N) is 2. The molecule has 0 aromatic heterocycles. The lowest BCUT2D eigenvalue weighted by Gasteiger charge is -2.21. The third-order valence-corrected chi connectivity index (χ3v) is 3.68.